The van der Waals surface area contributed by atoms with Crippen LogP contribution >= 0.6 is 0 Å². The highest BCUT2D eigenvalue weighted by Crippen LogP contribution is 2.24. The molecule has 4 nitrogen and oxygen atoms in total. The third-order valence-electron chi connectivity index (χ3n) is 4.34. The van der Waals surface area contributed by atoms with Crippen molar-refractivity contribution in [2.75, 3.05) is 32.9 Å². The Kier molecular flexibility index (Phi) is 4.41. The van der Waals surface area contributed by atoms with E-state index in [1.54, 1.807) is 0 Å². The number of likely N-dealkylation sites (tertiary alicyclic amines) is 1. The zero-order valence-electron chi connectivity index (χ0n) is 13.4. The predicted octanol–water partition coefficient (Wildman–Crippen LogP) is 2.32. The first-order valence-corrected chi connectivity index (χ1v) is 7.77. The van der Waals surface area contributed by atoms with Gasteiger partial charge in [-0.2, -0.15) is 0 Å². The molecule has 1 aromatic heterocycles. The predicted molar refractivity (Wildman–Crippen MR) is 90.5 cm³/mol. The first kappa shape index (κ1) is 15.0. The summed E-state index contributed by atoms with van der Waals surface area (Å²) in [7, 11) is 4.28. The van der Waals surface area contributed by atoms with Gasteiger partial charge in [-0.25, -0.2) is 4.98 Å². The molecule has 1 aromatic carbocycles. The second-order valence-corrected chi connectivity index (χ2v) is 6.38. The molecular formula is C18H24N4. The van der Waals surface area contributed by atoms with E-state index in [0.717, 1.165) is 26.2 Å². The molecule has 4 heteroatoms. The van der Waals surface area contributed by atoms with Crippen molar-refractivity contribution in [1.82, 2.24) is 14.8 Å². The van der Waals surface area contributed by atoms with Gasteiger partial charge in [0.2, 0.25) is 0 Å². The molecule has 2 aliphatic rings. The van der Waals surface area contributed by atoms with Gasteiger partial charge in [-0.3, -0.25) is 4.90 Å². The maximum atomic E-state index is 5.49. The number of rotatable bonds is 1. The van der Waals surface area contributed by atoms with Crippen molar-refractivity contribution < 1.29 is 0 Å². The summed E-state index contributed by atoms with van der Waals surface area (Å²) in [5.74, 6) is 1.27. The molecule has 116 valence electrons. The summed E-state index contributed by atoms with van der Waals surface area (Å²) in [6, 6.07) is 12.6. The van der Waals surface area contributed by atoms with E-state index in [1.165, 1.54) is 16.7 Å². The molecule has 3 heterocycles. The normalized spacial score (nSPS) is 18.3. The van der Waals surface area contributed by atoms with Gasteiger partial charge in [-0.15, -0.1) is 0 Å². The van der Waals surface area contributed by atoms with Crippen molar-refractivity contribution in [2.24, 2.45) is 0 Å². The third kappa shape index (κ3) is 3.46. The van der Waals surface area contributed by atoms with Gasteiger partial charge in [0.05, 0.1) is 0 Å². The number of aromatic nitrogens is 1. The molecule has 0 amide bonds. The molecule has 0 aliphatic carbocycles. The minimum absolute atomic E-state index is 0.603. The van der Waals surface area contributed by atoms with E-state index in [0.29, 0.717) is 11.7 Å². The molecule has 0 saturated carbocycles. The van der Waals surface area contributed by atoms with Crippen molar-refractivity contribution in [3.63, 3.8) is 0 Å². The number of hydrogen-bond acceptors (Lipinski definition) is 4. The van der Waals surface area contributed by atoms with Crippen molar-refractivity contribution >= 4 is 5.82 Å². The van der Waals surface area contributed by atoms with Crippen molar-refractivity contribution in [1.29, 1.82) is 0 Å². The fraction of sp³-hybridized carbons (Fsp3) is 0.389. The Hall–Kier alpha value is -1.91. The second kappa shape index (κ2) is 6.46. The Morgan fingerprint density at radius 1 is 0.955 bits per heavy atom. The number of anilines is 1. The van der Waals surface area contributed by atoms with Crippen LogP contribution in [-0.4, -0.2) is 42.0 Å². The van der Waals surface area contributed by atoms with Crippen LogP contribution in [0.1, 0.15) is 22.6 Å². The molecule has 0 unspecified atom stereocenters. The molecule has 1 fully saturated rings. The summed E-state index contributed by atoms with van der Waals surface area (Å²) in [4.78, 5) is 8.68. The minimum Gasteiger partial charge on any atom is -0.384 e. The molecule has 0 spiro atoms. The van der Waals surface area contributed by atoms with Crippen LogP contribution in [0.3, 0.4) is 0 Å². The van der Waals surface area contributed by atoms with Crippen LogP contribution in [-0.2, 0) is 13.1 Å². The van der Waals surface area contributed by atoms with Crippen LogP contribution in [0.15, 0.2) is 42.6 Å². The van der Waals surface area contributed by atoms with Gasteiger partial charge in [-0.1, -0.05) is 30.3 Å². The largest absolute Gasteiger partial charge is 0.384 e. The van der Waals surface area contributed by atoms with Crippen molar-refractivity contribution in [3.05, 3.63) is 59.3 Å². The van der Waals surface area contributed by atoms with Crippen LogP contribution in [0.4, 0.5) is 5.82 Å². The zero-order chi connectivity index (χ0) is 15.5. The first-order chi connectivity index (χ1) is 10.6. The van der Waals surface area contributed by atoms with Gasteiger partial charge in [0, 0.05) is 38.3 Å². The standard InChI is InChI=1S/C9H13N3.C9H11N/c1-12-5-8(6-12)7-2-3-9(10)11-4-7;1-10-6-8-4-2-3-5-9(8)7-10/h2-4,8H,5-6H2,1H3,(H2,10,11);2-5H,6-7H2,1H3. The molecule has 0 bridgehead atoms. The third-order valence-corrected chi connectivity index (χ3v) is 4.34. The van der Waals surface area contributed by atoms with Crippen LogP contribution in [0.5, 0.6) is 0 Å². The molecule has 0 radical (unpaired) electrons. The zero-order valence-corrected chi connectivity index (χ0v) is 13.4. The quantitative estimate of drug-likeness (QED) is 0.877. The number of nitrogens with zero attached hydrogens (tertiary/aromatic N) is 3. The van der Waals surface area contributed by atoms with Crippen LogP contribution in [0, 0.1) is 0 Å². The lowest BCUT2D eigenvalue weighted by atomic mass is 9.93. The molecule has 2 aliphatic heterocycles. The van der Waals surface area contributed by atoms with Gasteiger partial charge in [0.25, 0.3) is 0 Å². The summed E-state index contributed by atoms with van der Waals surface area (Å²) >= 11 is 0. The number of pyridine rings is 1. The van der Waals surface area contributed by atoms with Gasteiger partial charge < -0.3 is 10.6 Å². The lowest BCUT2D eigenvalue weighted by Crippen LogP contribution is -2.41. The van der Waals surface area contributed by atoms with E-state index in [-0.39, 0.29) is 0 Å². The van der Waals surface area contributed by atoms with E-state index in [2.05, 4.69) is 59.2 Å². The smallest absolute Gasteiger partial charge is 0.123 e. The number of nitrogen functional groups attached to an aromatic ring is 1. The molecule has 0 atom stereocenters. The van der Waals surface area contributed by atoms with Crippen LogP contribution < -0.4 is 5.73 Å². The number of nitrogens with two attached hydrogens (primary N) is 1. The maximum absolute atomic E-state index is 5.49. The maximum Gasteiger partial charge on any atom is 0.123 e. The Balaban J connectivity index is 0.000000133. The summed E-state index contributed by atoms with van der Waals surface area (Å²) in [5, 5.41) is 0. The van der Waals surface area contributed by atoms with Crippen LogP contribution in [0.25, 0.3) is 0 Å². The fourth-order valence-corrected chi connectivity index (χ4v) is 3.07. The van der Waals surface area contributed by atoms with Gasteiger partial charge in [0.15, 0.2) is 0 Å². The SMILES string of the molecule is CN1CC(c2ccc(N)nc2)C1.CN1Cc2ccccc2C1. The second-order valence-electron chi connectivity index (χ2n) is 6.38. The molecule has 2 N–H and O–H groups in total. The van der Waals surface area contributed by atoms with Crippen molar-refractivity contribution in [3.8, 4) is 0 Å². The Bertz CT molecular complexity index is 592. The van der Waals surface area contributed by atoms with E-state index < -0.39 is 0 Å². The lowest BCUT2D eigenvalue weighted by Gasteiger charge is -2.36. The Morgan fingerprint density at radius 2 is 1.59 bits per heavy atom. The summed E-state index contributed by atoms with van der Waals surface area (Å²) < 4.78 is 0. The average molecular weight is 296 g/mol. The number of benzene rings is 1. The van der Waals surface area contributed by atoms with Crippen molar-refractivity contribution in [2.45, 2.75) is 19.0 Å². The fourth-order valence-electron chi connectivity index (χ4n) is 3.07. The number of likely N-dealkylation sites (N-methyl/N-ethyl adjacent to an activating group) is 1. The van der Waals surface area contributed by atoms with Gasteiger partial charge in [0.1, 0.15) is 5.82 Å². The molecule has 1 saturated heterocycles. The highest BCUT2D eigenvalue weighted by Gasteiger charge is 2.24. The minimum atomic E-state index is 0.603. The van der Waals surface area contributed by atoms with Gasteiger partial charge >= 0.3 is 0 Å². The molecular weight excluding hydrogens is 272 g/mol. The van der Waals surface area contributed by atoms with Gasteiger partial charge in [-0.05, 0) is 36.9 Å². The first-order valence-electron chi connectivity index (χ1n) is 7.77. The molecule has 2 aromatic rings. The number of hydrogen-bond donors (Lipinski definition) is 1. The molecule has 22 heavy (non-hydrogen) atoms. The molecule has 4 rings (SSSR count). The van der Waals surface area contributed by atoms with E-state index in [9.17, 15) is 0 Å². The Morgan fingerprint density at radius 3 is 2.09 bits per heavy atom. The van der Waals surface area contributed by atoms with Crippen LogP contribution in [0.2, 0.25) is 0 Å². The summed E-state index contributed by atoms with van der Waals surface area (Å²) in [6.45, 7) is 4.53. The lowest BCUT2D eigenvalue weighted by molar-refractivity contribution is 0.189. The Labute approximate surface area is 132 Å². The van der Waals surface area contributed by atoms with E-state index in [4.69, 9.17) is 5.73 Å². The monoisotopic (exact) mass is 296 g/mol. The van der Waals surface area contributed by atoms with E-state index in [1.807, 2.05) is 12.3 Å². The number of fused-ring (bicyclic) bond motifs is 1. The topological polar surface area (TPSA) is 45.4 Å². The highest BCUT2D eigenvalue weighted by molar-refractivity contribution is 5.32. The summed E-state index contributed by atoms with van der Waals surface area (Å²) in [6.07, 6.45) is 1.88. The van der Waals surface area contributed by atoms with E-state index >= 15 is 0 Å². The summed E-state index contributed by atoms with van der Waals surface area (Å²) in [5.41, 5.74) is 9.78. The highest BCUT2D eigenvalue weighted by atomic mass is 15.2. The average Bonchev–Trinajstić information content (AvgIpc) is 2.86.